The fraction of sp³-hybridized carbons (Fsp3) is 0.150. The summed E-state index contributed by atoms with van der Waals surface area (Å²) in [6.45, 7) is 1.46. The highest BCUT2D eigenvalue weighted by Gasteiger charge is 2.16. The van der Waals surface area contributed by atoms with Crippen LogP contribution in [0.3, 0.4) is 0 Å². The van der Waals surface area contributed by atoms with E-state index in [1.807, 2.05) is 28.3 Å². The van der Waals surface area contributed by atoms with Gasteiger partial charge < -0.3 is 0 Å². The van der Waals surface area contributed by atoms with Crippen molar-refractivity contribution in [2.45, 2.75) is 6.92 Å². The summed E-state index contributed by atoms with van der Waals surface area (Å²) in [6, 6.07) is 14.1. The van der Waals surface area contributed by atoms with Crippen LogP contribution in [0.5, 0.6) is 0 Å². The third-order valence-corrected chi connectivity index (χ3v) is 6.62. The van der Waals surface area contributed by atoms with Gasteiger partial charge in [0.2, 0.25) is 15.2 Å². The molecule has 2 aromatic carbocycles. The van der Waals surface area contributed by atoms with Crippen LogP contribution in [0.15, 0.2) is 59.0 Å². The Morgan fingerprint density at radius 1 is 1.23 bits per heavy atom. The van der Waals surface area contributed by atoms with Gasteiger partial charge in [-0.25, -0.2) is 23.1 Å². The Balaban J connectivity index is 1.80. The normalized spacial score (nSPS) is 11.6. The minimum Gasteiger partial charge on any atom is -0.268 e. The van der Waals surface area contributed by atoms with Crippen LogP contribution in [-0.2, 0) is 10.0 Å². The SMILES string of the molecule is CCS(=O)(=O)NC(=O)c1ccccc1/C=N/N(C)c1nc(-c2ccccc2Cl)cs1. The molecule has 3 aromatic rings. The van der Waals surface area contributed by atoms with Crippen LogP contribution < -0.4 is 9.73 Å². The number of carbonyl (C=O) groups excluding carboxylic acids is 1. The van der Waals surface area contributed by atoms with E-state index >= 15 is 0 Å². The summed E-state index contributed by atoms with van der Waals surface area (Å²) < 4.78 is 25.4. The predicted octanol–water partition coefficient (Wildman–Crippen LogP) is 4.01. The summed E-state index contributed by atoms with van der Waals surface area (Å²) in [5.41, 5.74) is 2.27. The van der Waals surface area contributed by atoms with E-state index in [1.54, 1.807) is 42.4 Å². The van der Waals surface area contributed by atoms with Crippen LogP contribution in [0.2, 0.25) is 5.02 Å². The molecule has 1 heterocycles. The summed E-state index contributed by atoms with van der Waals surface area (Å²) >= 11 is 7.63. The molecular formula is C20H19ClN4O3S2. The second-order valence-electron chi connectivity index (χ2n) is 6.19. The van der Waals surface area contributed by atoms with Gasteiger partial charge in [-0.2, -0.15) is 5.10 Å². The van der Waals surface area contributed by atoms with E-state index in [2.05, 4.69) is 10.1 Å². The molecule has 0 unspecified atom stereocenters. The lowest BCUT2D eigenvalue weighted by molar-refractivity contribution is 0.0981. The van der Waals surface area contributed by atoms with Crippen LogP contribution in [0, 0.1) is 0 Å². The number of rotatable bonds is 7. The number of benzene rings is 2. The zero-order valence-corrected chi connectivity index (χ0v) is 18.6. The van der Waals surface area contributed by atoms with E-state index < -0.39 is 15.9 Å². The maximum atomic E-state index is 12.4. The van der Waals surface area contributed by atoms with E-state index in [4.69, 9.17) is 11.6 Å². The average Bonchev–Trinajstić information content (AvgIpc) is 3.22. The highest BCUT2D eigenvalue weighted by atomic mass is 35.5. The van der Waals surface area contributed by atoms with Crippen LogP contribution in [-0.4, -0.2) is 38.3 Å². The van der Waals surface area contributed by atoms with Gasteiger partial charge in [0, 0.05) is 34.1 Å². The second kappa shape index (κ2) is 9.38. The molecule has 0 fully saturated rings. The number of halogens is 1. The maximum absolute atomic E-state index is 12.4. The van der Waals surface area contributed by atoms with Gasteiger partial charge in [-0.05, 0) is 19.1 Å². The zero-order chi connectivity index (χ0) is 21.7. The smallest absolute Gasteiger partial charge is 0.265 e. The molecule has 0 aliphatic carbocycles. The number of hydrogen-bond donors (Lipinski definition) is 1. The lowest BCUT2D eigenvalue weighted by Gasteiger charge is -2.10. The Bertz CT molecular complexity index is 1190. The van der Waals surface area contributed by atoms with Crippen molar-refractivity contribution in [3.63, 3.8) is 0 Å². The molecule has 0 aliphatic heterocycles. The number of thiazole rings is 1. The number of hydrogen-bond acceptors (Lipinski definition) is 7. The molecule has 1 N–H and O–H groups in total. The molecule has 7 nitrogen and oxygen atoms in total. The molecule has 1 amide bonds. The molecule has 1 aromatic heterocycles. The maximum Gasteiger partial charge on any atom is 0.265 e. The number of nitrogens with zero attached hydrogens (tertiary/aromatic N) is 3. The third-order valence-electron chi connectivity index (χ3n) is 4.12. The Morgan fingerprint density at radius 2 is 1.93 bits per heavy atom. The molecule has 0 saturated heterocycles. The van der Waals surface area contributed by atoms with Crippen molar-refractivity contribution in [3.8, 4) is 11.3 Å². The summed E-state index contributed by atoms with van der Waals surface area (Å²) in [7, 11) is -1.93. The second-order valence-corrected chi connectivity index (χ2v) is 9.44. The number of nitrogens with one attached hydrogen (secondary N) is 1. The molecule has 30 heavy (non-hydrogen) atoms. The van der Waals surface area contributed by atoms with Crippen molar-refractivity contribution in [1.29, 1.82) is 0 Å². The van der Waals surface area contributed by atoms with Gasteiger partial charge in [0.15, 0.2) is 0 Å². The van der Waals surface area contributed by atoms with Crippen molar-refractivity contribution >= 4 is 50.2 Å². The van der Waals surface area contributed by atoms with Crippen molar-refractivity contribution in [2.75, 3.05) is 17.8 Å². The van der Waals surface area contributed by atoms with Crippen LogP contribution in [0.25, 0.3) is 11.3 Å². The molecule has 0 radical (unpaired) electrons. The summed E-state index contributed by atoms with van der Waals surface area (Å²) in [4.78, 5) is 16.9. The largest absolute Gasteiger partial charge is 0.268 e. The molecule has 0 bridgehead atoms. The first-order valence-electron chi connectivity index (χ1n) is 8.92. The van der Waals surface area contributed by atoms with Gasteiger partial charge in [-0.15, -0.1) is 11.3 Å². The van der Waals surface area contributed by atoms with Crippen molar-refractivity contribution < 1.29 is 13.2 Å². The highest BCUT2D eigenvalue weighted by molar-refractivity contribution is 7.90. The fourth-order valence-electron chi connectivity index (χ4n) is 2.49. The number of sulfonamides is 1. The minimum absolute atomic E-state index is 0.185. The van der Waals surface area contributed by atoms with Gasteiger partial charge in [-0.3, -0.25) is 4.79 Å². The summed E-state index contributed by atoms with van der Waals surface area (Å²) in [5, 5.41) is 9.06. The lowest BCUT2D eigenvalue weighted by Crippen LogP contribution is -2.32. The Labute approximate surface area is 184 Å². The number of aromatic nitrogens is 1. The molecule has 10 heteroatoms. The number of hydrazone groups is 1. The van der Waals surface area contributed by atoms with Crippen LogP contribution in [0.1, 0.15) is 22.8 Å². The Kier molecular flexibility index (Phi) is 6.86. The van der Waals surface area contributed by atoms with Gasteiger partial charge in [0.1, 0.15) is 0 Å². The van der Waals surface area contributed by atoms with E-state index in [1.165, 1.54) is 24.5 Å². The Morgan fingerprint density at radius 3 is 2.67 bits per heavy atom. The van der Waals surface area contributed by atoms with E-state index in [0.717, 1.165) is 11.3 Å². The minimum atomic E-state index is -3.66. The first-order valence-corrected chi connectivity index (χ1v) is 11.8. The first-order chi connectivity index (χ1) is 14.3. The number of amides is 1. The number of carbonyl (C=O) groups is 1. The van der Waals surface area contributed by atoms with Crippen LogP contribution >= 0.6 is 22.9 Å². The van der Waals surface area contributed by atoms with Crippen LogP contribution in [0.4, 0.5) is 5.13 Å². The standard InChI is InChI=1S/C20H19ClN4O3S2/c1-3-30(27,28)24-19(26)15-9-5-4-8-14(15)12-22-25(2)20-23-18(13-29-20)16-10-6-7-11-17(16)21/h4-13H,3H2,1-2H3,(H,24,26)/b22-12+. The topological polar surface area (TPSA) is 91.7 Å². The summed E-state index contributed by atoms with van der Waals surface area (Å²) in [6.07, 6.45) is 1.49. The van der Waals surface area contributed by atoms with Gasteiger partial charge >= 0.3 is 0 Å². The molecule has 0 aliphatic rings. The van der Waals surface area contributed by atoms with E-state index in [0.29, 0.717) is 15.7 Å². The predicted molar refractivity (Wildman–Crippen MR) is 122 cm³/mol. The first kappa shape index (κ1) is 21.9. The van der Waals surface area contributed by atoms with E-state index in [-0.39, 0.29) is 11.3 Å². The zero-order valence-electron chi connectivity index (χ0n) is 16.2. The van der Waals surface area contributed by atoms with Crippen molar-refractivity contribution in [1.82, 2.24) is 9.71 Å². The quantitative estimate of drug-likeness (QED) is 0.423. The molecule has 3 rings (SSSR count). The monoisotopic (exact) mass is 462 g/mol. The molecule has 0 saturated carbocycles. The molecule has 0 spiro atoms. The third kappa shape index (κ3) is 5.24. The molecule has 156 valence electrons. The lowest BCUT2D eigenvalue weighted by atomic mass is 10.1. The summed E-state index contributed by atoms with van der Waals surface area (Å²) in [5.74, 6) is -0.882. The van der Waals surface area contributed by atoms with E-state index in [9.17, 15) is 13.2 Å². The van der Waals surface area contributed by atoms with Gasteiger partial charge in [0.25, 0.3) is 5.91 Å². The fourth-order valence-corrected chi connectivity index (χ4v) is 4.01. The number of anilines is 1. The van der Waals surface area contributed by atoms with Gasteiger partial charge in [-0.1, -0.05) is 48.0 Å². The molecular weight excluding hydrogens is 444 g/mol. The van der Waals surface area contributed by atoms with Gasteiger partial charge in [0.05, 0.1) is 17.7 Å². The van der Waals surface area contributed by atoms with Crippen molar-refractivity contribution in [3.05, 3.63) is 70.1 Å². The average molecular weight is 463 g/mol. The van der Waals surface area contributed by atoms with Crippen molar-refractivity contribution in [2.24, 2.45) is 5.10 Å². The Hall–Kier alpha value is -2.75. The molecule has 0 atom stereocenters. The highest BCUT2D eigenvalue weighted by Crippen LogP contribution is 2.31.